The lowest BCUT2D eigenvalue weighted by molar-refractivity contribution is -0.131. The van der Waals surface area contributed by atoms with Gasteiger partial charge in [0.1, 0.15) is 0 Å². The van der Waals surface area contributed by atoms with Crippen molar-refractivity contribution in [3.8, 4) is 0 Å². The molecule has 1 heterocycles. The number of nitrogens with one attached hydrogen (secondary N) is 1. The fraction of sp³-hybridized carbons (Fsp3) is 0.357. The van der Waals surface area contributed by atoms with Crippen molar-refractivity contribution in [3.63, 3.8) is 0 Å². The zero-order chi connectivity index (χ0) is 26.3. The first-order chi connectivity index (χ1) is 16.8. The van der Waals surface area contributed by atoms with E-state index in [2.05, 4.69) is 37.6 Å². The van der Waals surface area contributed by atoms with E-state index in [-0.39, 0.29) is 33.7 Å². The Labute approximate surface area is 212 Å². The Kier molecular flexibility index (Phi) is 6.70. The molecule has 1 amide bonds. The van der Waals surface area contributed by atoms with Crippen LogP contribution in [0.3, 0.4) is 0 Å². The molecule has 2 N–H and O–H groups in total. The molecule has 7 nitrogen and oxygen atoms in total. The van der Waals surface area contributed by atoms with Crippen molar-refractivity contribution in [2.75, 3.05) is 19.6 Å². The zero-order valence-corrected chi connectivity index (χ0v) is 21.9. The number of benzene rings is 2. The van der Waals surface area contributed by atoms with Gasteiger partial charge in [-0.2, -0.15) is 0 Å². The molecule has 8 heteroatoms. The molecule has 4 rings (SSSR count). The maximum absolute atomic E-state index is 13.0. The maximum atomic E-state index is 13.0. The summed E-state index contributed by atoms with van der Waals surface area (Å²) >= 11 is 0. The van der Waals surface area contributed by atoms with Crippen LogP contribution in [0, 0.1) is 17.8 Å². The molecule has 0 aromatic heterocycles. The molecule has 0 bridgehead atoms. The fourth-order valence-corrected chi connectivity index (χ4v) is 6.44. The van der Waals surface area contributed by atoms with E-state index in [1.807, 2.05) is 19.1 Å². The molecule has 2 aromatic carbocycles. The summed E-state index contributed by atoms with van der Waals surface area (Å²) < 4.78 is 27.6. The molecule has 190 valence electrons. The number of aryl methyl sites for hydroxylation is 1. The third-order valence-electron chi connectivity index (χ3n) is 7.35. The first-order valence-electron chi connectivity index (χ1n) is 11.9. The molecule has 0 radical (unpaired) electrons. The summed E-state index contributed by atoms with van der Waals surface area (Å²) in [6.45, 7) is 8.93. The lowest BCUT2D eigenvalue weighted by Crippen LogP contribution is -2.50. The van der Waals surface area contributed by atoms with E-state index in [4.69, 9.17) is 0 Å². The van der Waals surface area contributed by atoms with Crippen LogP contribution in [-0.4, -0.2) is 49.9 Å². The average Bonchev–Trinajstić information content (AvgIpc) is 2.82. The largest absolute Gasteiger partial charge is 0.478 e. The number of sulfonamides is 1. The van der Waals surface area contributed by atoms with Gasteiger partial charge in [0.25, 0.3) is 0 Å². The van der Waals surface area contributed by atoms with Crippen LogP contribution in [0.2, 0.25) is 0 Å². The van der Waals surface area contributed by atoms with Gasteiger partial charge >= 0.3 is 5.97 Å². The van der Waals surface area contributed by atoms with E-state index in [0.29, 0.717) is 13.1 Å². The van der Waals surface area contributed by atoms with Crippen LogP contribution in [0.4, 0.5) is 0 Å². The number of hydrogen-bond acceptors (Lipinski definition) is 4. The number of nitrogens with zero attached hydrogens (tertiary/aromatic N) is 1. The minimum atomic E-state index is -3.77. The van der Waals surface area contributed by atoms with Crippen molar-refractivity contribution in [2.45, 2.75) is 39.0 Å². The summed E-state index contributed by atoms with van der Waals surface area (Å²) in [6.07, 6.45) is 4.99. The normalized spacial score (nSPS) is 21.3. The van der Waals surface area contributed by atoms with E-state index in [1.54, 1.807) is 29.2 Å². The van der Waals surface area contributed by atoms with Crippen LogP contribution in [0.5, 0.6) is 0 Å². The SMILES string of the molecule is Cc1ccc(S(=O)(=O)NCC(=O)N2CC=C3C(C)(C)C(c4ccc(C(=O)O)cc4)=CC[C@]3(C)C2)cc1. The van der Waals surface area contributed by atoms with Gasteiger partial charge in [0.15, 0.2) is 0 Å². The van der Waals surface area contributed by atoms with Crippen molar-refractivity contribution in [1.82, 2.24) is 9.62 Å². The fourth-order valence-electron chi connectivity index (χ4n) is 5.46. The van der Waals surface area contributed by atoms with Gasteiger partial charge in [0, 0.05) is 23.9 Å². The monoisotopic (exact) mass is 508 g/mol. The molecule has 0 saturated carbocycles. The van der Waals surface area contributed by atoms with Gasteiger partial charge < -0.3 is 10.0 Å². The van der Waals surface area contributed by atoms with Crippen LogP contribution in [0.15, 0.2) is 71.2 Å². The second-order valence-corrected chi connectivity index (χ2v) is 12.2. The van der Waals surface area contributed by atoms with Crippen molar-refractivity contribution >= 4 is 27.5 Å². The molecule has 2 aromatic rings. The summed E-state index contributed by atoms with van der Waals surface area (Å²) in [4.78, 5) is 26.1. The number of fused-ring (bicyclic) bond motifs is 1. The van der Waals surface area contributed by atoms with E-state index < -0.39 is 16.0 Å². The second kappa shape index (κ2) is 9.33. The summed E-state index contributed by atoms with van der Waals surface area (Å²) in [5.41, 5.74) is 3.98. The number of carbonyl (C=O) groups excluding carboxylic acids is 1. The third kappa shape index (κ3) is 4.88. The molecule has 1 atom stereocenters. The highest BCUT2D eigenvalue weighted by atomic mass is 32.2. The highest BCUT2D eigenvalue weighted by molar-refractivity contribution is 7.89. The molecular formula is C28H32N2O5S. The highest BCUT2D eigenvalue weighted by Gasteiger charge is 2.46. The lowest BCUT2D eigenvalue weighted by atomic mass is 9.58. The van der Waals surface area contributed by atoms with Gasteiger partial charge in [-0.25, -0.2) is 17.9 Å². The van der Waals surface area contributed by atoms with Gasteiger partial charge in [-0.05, 0) is 48.7 Å². The Hall–Kier alpha value is -3.23. The average molecular weight is 509 g/mol. The number of amides is 1. The first-order valence-corrected chi connectivity index (χ1v) is 13.4. The van der Waals surface area contributed by atoms with Crippen LogP contribution in [0.25, 0.3) is 5.57 Å². The summed E-state index contributed by atoms with van der Waals surface area (Å²) in [6, 6.07) is 13.4. The molecule has 2 aliphatic rings. The Balaban J connectivity index is 1.48. The van der Waals surface area contributed by atoms with Crippen molar-refractivity contribution < 1.29 is 23.1 Å². The van der Waals surface area contributed by atoms with E-state index in [1.165, 1.54) is 17.7 Å². The lowest BCUT2D eigenvalue weighted by Gasteiger charge is -2.50. The van der Waals surface area contributed by atoms with Gasteiger partial charge in [0.05, 0.1) is 17.0 Å². The van der Waals surface area contributed by atoms with Gasteiger partial charge in [-0.1, -0.05) is 68.3 Å². The number of carboxylic acid groups (broad SMARTS) is 1. The van der Waals surface area contributed by atoms with Gasteiger partial charge in [-0.15, -0.1) is 0 Å². The van der Waals surface area contributed by atoms with Crippen LogP contribution >= 0.6 is 0 Å². The molecule has 36 heavy (non-hydrogen) atoms. The summed E-state index contributed by atoms with van der Waals surface area (Å²) in [7, 11) is -3.77. The molecule has 0 spiro atoms. The van der Waals surface area contributed by atoms with Crippen molar-refractivity contribution in [2.24, 2.45) is 10.8 Å². The number of allylic oxidation sites excluding steroid dienone is 2. The van der Waals surface area contributed by atoms with Crippen LogP contribution < -0.4 is 4.72 Å². The number of rotatable bonds is 6. The Morgan fingerprint density at radius 3 is 2.25 bits per heavy atom. The molecule has 1 aliphatic heterocycles. The zero-order valence-electron chi connectivity index (χ0n) is 21.0. The number of hydrogen-bond donors (Lipinski definition) is 2. The minimum absolute atomic E-state index is 0.136. The van der Waals surface area contributed by atoms with Crippen molar-refractivity contribution in [3.05, 3.63) is 82.9 Å². The highest BCUT2D eigenvalue weighted by Crippen LogP contribution is 2.55. The minimum Gasteiger partial charge on any atom is -0.478 e. The molecular weight excluding hydrogens is 476 g/mol. The Morgan fingerprint density at radius 2 is 1.64 bits per heavy atom. The van der Waals surface area contributed by atoms with Crippen molar-refractivity contribution in [1.29, 1.82) is 0 Å². The van der Waals surface area contributed by atoms with Crippen LogP contribution in [0.1, 0.15) is 48.7 Å². The van der Waals surface area contributed by atoms with E-state index in [9.17, 15) is 23.1 Å². The number of aromatic carboxylic acids is 1. The van der Waals surface area contributed by atoms with Gasteiger partial charge in [0.2, 0.25) is 15.9 Å². The smallest absolute Gasteiger partial charge is 0.335 e. The standard InChI is InChI=1S/C28H32N2O5S/c1-19-5-11-22(12-6-19)36(34,35)29-17-25(31)30-16-14-24-27(2,3)23(13-15-28(24,4)18-30)20-7-9-21(10-8-20)26(32)33/h5-14,29H,15-18H2,1-4H3,(H,32,33)/t28-/m1/s1. The molecule has 0 saturated heterocycles. The maximum Gasteiger partial charge on any atom is 0.335 e. The summed E-state index contributed by atoms with van der Waals surface area (Å²) in [5.74, 6) is -1.22. The Bertz CT molecular complexity index is 1360. The number of carbonyl (C=O) groups is 2. The van der Waals surface area contributed by atoms with E-state index >= 15 is 0 Å². The predicted molar refractivity (Wildman–Crippen MR) is 139 cm³/mol. The predicted octanol–water partition coefficient (Wildman–Crippen LogP) is 4.26. The second-order valence-electron chi connectivity index (χ2n) is 10.4. The van der Waals surface area contributed by atoms with Crippen LogP contribution in [-0.2, 0) is 14.8 Å². The topological polar surface area (TPSA) is 104 Å². The number of carboxylic acids is 1. The molecule has 1 aliphatic carbocycles. The quantitative estimate of drug-likeness (QED) is 0.568. The third-order valence-corrected chi connectivity index (χ3v) is 8.77. The Morgan fingerprint density at radius 1 is 1.00 bits per heavy atom. The van der Waals surface area contributed by atoms with E-state index in [0.717, 1.165) is 23.1 Å². The molecule has 0 fully saturated rings. The summed E-state index contributed by atoms with van der Waals surface area (Å²) in [5, 5.41) is 9.20. The first kappa shape index (κ1) is 25.9. The molecule has 0 unspecified atom stereocenters. The van der Waals surface area contributed by atoms with Gasteiger partial charge in [-0.3, -0.25) is 4.79 Å².